The van der Waals surface area contributed by atoms with Crippen molar-refractivity contribution in [2.75, 3.05) is 40.0 Å². The number of carbonyl (C=O) groups excluding carboxylic acids is 1. The number of amides is 1. The van der Waals surface area contributed by atoms with E-state index in [0.29, 0.717) is 25.5 Å². The Bertz CT molecular complexity index is 802. The predicted molar refractivity (Wildman–Crippen MR) is 107 cm³/mol. The van der Waals surface area contributed by atoms with Crippen LogP contribution in [0, 0.1) is 5.82 Å². The molecule has 0 aromatic heterocycles. The van der Waals surface area contributed by atoms with Crippen molar-refractivity contribution in [2.45, 2.75) is 6.04 Å². The summed E-state index contributed by atoms with van der Waals surface area (Å²) in [6.45, 7) is 3.28. The van der Waals surface area contributed by atoms with Crippen LogP contribution >= 0.6 is 0 Å². The normalized spacial score (nSPS) is 16.1. The van der Waals surface area contributed by atoms with Crippen LogP contribution in [0.15, 0.2) is 54.6 Å². The number of halogens is 1. The first-order valence-corrected chi connectivity index (χ1v) is 9.33. The molecule has 2 aromatic carbocycles. The van der Waals surface area contributed by atoms with E-state index in [0.717, 1.165) is 24.2 Å². The summed E-state index contributed by atoms with van der Waals surface area (Å²) in [6, 6.07) is 13.9. The van der Waals surface area contributed by atoms with Gasteiger partial charge in [0.1, 0.15) is 11.6 Å². The lowest BCUT2D eigenvalue weighted by molar-refractivity contribution is -0.116. The number of carbonyl (C=O) groups is 1. The molecule has 3 rings (SSSR count). The zero-order valence-electron chi connectivity index (χ0n) is 15.9. The van der Waals surface area contributed by atoms with E-state index in [-0.39, 0.29) is 17.8 Å². The summed E-state index contributed by atoms with van der Waals surface area (Å²) in [5.74, 6) is 0.253. The van der Waals surface area contributed by atoms with Crippen molar-refractivity contribution in [3.05, 3.63) is 71.6 Å². The van der Waals surface area contributed by atoms with Crippen LogP contribution in [0.25, 0.3) is 6.08 Å². The molecule has 0 bridgehead atoms. The van der Waals surface area contributed by atoms with Crippen molar-refractivity contribution in [2.24, 2.45) is 0 Å². The standard InChI is InChI=1S/C22H25FN2O3/c1-27-21-5-3-2-4-18(21)8-11-22(26)24-16-20(25-12-14-28-15-13-25)17-6-9-19(23)10-7-17/h2-11,20H,12-16H2,1H3,(H,24,26). The molecule has 148 valence electrons. The SMILES string of the molecule is COc1ccccc1C=CC(=O)NCC(c1ccc(F)cc1)N1CCOCC1. The molecule has 5 nitrogen and oxygen atoms in total. The van der Waals surface area contributed by atoms with E-state index in [1.165, 1.54) is 18.2 Å². The number of methoxy groups -OCH3 is 1. The predicted octanol–water partition coefficient (Wildman–Crippen LogP) is 3.04. The maximum Gasteiger partial charge on any atom is 0.244 e. The number of para-hydroxylation sites is 1. The van der Waals surface area contributed by atoms with Gasteiger partial charge in [-0.2, -0.15) is 0 Å². The van der Waals surface area contributed by atoms with Gasteiger partial charge in [-0.25, -0.2) is 4.39 Å². The maximum absolute atomic E-state index is 13.3. The van der Waals surface area contributed by atoms with Gasteiger partial charge in [0.15, 0.2) is 0 Å². The van der Waals surface area contributed by atoms with E-state index in [1.807, 2.05) is 24.3 Å². The van der Waals surface area contributed by atoms with Crippen molar-refractivity contribution >= 4 is 12.0 Å². The first-order valence-electron chi connectivity index (χ1n) is 9.33. The van der Waals surface area contributed by atoms with Gasteiger partial charge in [0.25, 0.3) is 0 Å². The molecule has 1 saturated heterocycles. The van der Waals surface area contributed by atoms with Crippen LogP contribution in [-0.4, -0.2) is 50.8 Å². The first kappa shape index (κ1) is 20.0. The number of hydrogen-bond acceptors (Lipinski definition) is 4. The second kappa shape index (κ2) is 10.0. The van der Waals surface area contributed by atoms with Crippen LogP contribution in [0.4, 0.5) is 4.39 Å². The van der Waals surface area contributed by atoms with Crippen LogP contribution in [0.5, 0.6) is 5.75 Å². The first-order chi connectivity index (χ1) is 13.7. The number of ether oxygens (including phenoxy) is 2. The minimum absolute atomic E-state index is 0.0342. The summed E-state index contributed by atoms with van der Waals surface area (Å²) in [5.41, 5.74) is 1.81. The number of benzene rings is 2. The monoisotopic (exact) mass is 384 g/mol. The third-order valence-electron chi connectivity index (χ3n) is 4.76. The van der Waals surface area contributed by atoms with E-state index in [4.69, 9.17) is 9.47 Å². The molecule has 1 N–H and O–H groups in total. The lowest BCUT2D eigenvalue weighted by Crippen LogP contribution is -2.43. The Labute approximate surface area is 164 Å². The summed E-state index contributed by atoms with van der Waals surface area (Å²) < 4.78 is 24.0. The molecule has 0 spiro atoms. The summed E-state index contributed by atoms with van der Waals surface area (Å²) in [4.78, 5) is 14.6. The van der Waals surface area contributed by atoms with E-state index >= 15 is 0 Å². The summed E-state index contributed by atoms with van der Waals surface area (Å²) in [6.07, 6.45) is 3.23. The molecule has 0 radical (unpaired) electrons. The van der Waals surface area contributed by atoms with Gasteiger partial charge in [-0.15, -0.1) is 0 Å². The van der Waals surface area contributed by atoms with Gasteiger partial charge in [0.2, 0.25) is 5.91 Å². The molecule has 1 atom stereocenters. The molecule has 6 heteroatoms. The summed E-state index contributed by atoms with van der Waals surface area (Å²) >= 11 is 0. The van der Waals surface area contributed by atoms with E-state index < -0.39 is 0 Å². The zero-order valence-corrected chi connectivity index (χ0v) is 15.9. The van der Waals surface area contributed by atoms with Crippen LogP contribution in [0.3, 0.4) is 0 Å². The Kier molecular flexibility index (Phi) is 7.17. The number of nitrogens with zero attached hydrogens (tertiary/aromatic N) is 1. The highest BCUT2D eigenvalue weighted by molar-refractivity contribution is 5.92. The van der Waals surface area contributed by atoms with E-state index in [1.54, 1.807) is 25.3 Å². The van der Waals surface area contributed by atoms with Crippen molar-refractivity contribution in [1.29, 1.82) is 0 Å². The molecule has 0 aliphatic carbocycles. The van der Waals surface area contributed by atoms with Gasteiger partial charge in [0.05, 0.1) is 26.4 Å². The molecule has 2 aromatic rings. The Morgan fingerprint density at radius 2 is 1.93 bits per heavy atom. The van der Waals surface area contributed by atoms with Gasteiger partial charge in [-0.3, -0.25) is 9.69 Å². The quantitative estimate of drug-likeness (QED) is 0.746. The van der Waals surface area contributed by atoms with Crippen molar-refractivity contribution in [1.82, 2.24) is 10.2 Å². The average molecular weight is 384 g/mol. The highest BCUT2D eigenvalue weighted by Gasteiger charge is 2.23. The van der Waals surface area contributed by atoms with Crippen LogP contribution in [0.1, 0.15) is 17.2 Å². The Balaban J connectivity index is 1.66. The lowest BCUT2D eigenvalue weighted by atomic mass is 10.0. The molecule has 1 fully saturated rings. The Morgan fingerprint density at radius 1 is 1.21 bits per heavy atom. The van der Waals surface area contributed by atoms with Gasteiger partial charge in [0, 0.05) is 31.3 Å². The van der Waals surface area contributed by atoms with Gasteiger partial charge >= 0.3 is 0 Å². The van der Waals surface area contributed by atoms with Crippen molar-refractivity contribution in [3.8, 4) is 5.75 Å². The minimum atomic E-state index is -0.270. The molecular formula is C22H25FN2O3. The maximum atomic E-state index is 13.3. The molecule has 28 heavy (non-hydrogen) atoms. The van der Waals surface area contributed by atoms with E-state index in [9.17, 15) is 9.18 Å². The van der Waals surface area contributed by atoms with Crippen LogP contribution in [0.2, 0.25) is 0 Å². The third-order valence-corrected chi connectivity index (χ3v) is 4.76. The number of rotatable bonds is 7. The van der Waals surface area contributed by atoms with E-state index in [2.05, 4.69) is 10.2 Å². The van der Waals surface area contributed by atoms with Crippen molar-refractivity contribution < 1.29 is 18.7 Å². The highest BCUT2D eigenvalue weighted by atomic mass is 19.1. The molecule has 1 unspecified atom stereocenters. The van der Waals surface area contributed by atoms with Gasteiger partial charge in [-0.1, -0.05) is 30.3 Å². The van der Waals surface area contributed by atoms with Crippen LogP contribution in [-0.2, 0) is 9.53 Å². The van der Waals surface area contributed by atoms with Crippen molar-refractivity contribution in [3.63, 3.8) is 0 Å². The smallest absolute Gasteiger partial charge is 0.244 e. The second-order valence-corrected chi connectivity index (χ2v) is 6.54. The molecule has 1 aliphatic heterocycles. The largest absolute Gasteiger partial charge is 0.496 e. The molecule has 1 aliphatic rings. The second-order valence-electron chi connectivity index (χ2n) is 6.54. The molecule has 0 saturated carbocycles. The third kappa shape index (κ3) is 5.41. The van der Waals surface area contributed by atoms with Crippen LogP contribution < -0.4 is 10.1 Å². The lowest BCUT2D eigenvalue weighted by Gasteiger charge is -2.34. The topological polar surface area (TPSA) is 50.8 Å². The number of morpholine rings is 1. The number of hydrogen-bond donors (Lipinski definition) is 1. The zero-order chi connectivity index (χ0) is 19.8. The Morgan fingerprint density at radius 3 is 2.64 bits per heavy atom. The molecule has 1 amide bonds. The fourth-order valence-corrected chi connectivity index (χ4v) is 3.26. The van der Waals surface area contributed by atoms with Gasteiger partial charge < -0.3 is 14.8 Å². The summed E-state index contributed by atoms with van der Waals surface area (Å²) in [7, 11) is 1.60. The van der Waals surface area contributed by atoms with Gasteiger partial charge in [-0.05, 0) is 29.8 Å². The summed E-state index contributed by atoms with van der Waals surface area (Å²) in [5, 5.41) is 2.96. The average Bonchev–Trinajstić information content (AvgIpc) is 2.74. The molecular weight excluding hydrogens is 359 g/mol. The molecule has 1 heterocycles. The highest BCUT2D eigenvalue weighted by Crippen LogP contribution is 2.22. The fraction of sp³-hybridized carbons (Fsp3) is 0.318. The fourth-order valence-electron chi connectivity index (χ4n) is 3.26. The number of nitrogens with one attached hydrogen (secondary N) is 1. The minimum Gasteiger partial charge on any atom is -0.496 e. The Hall–Kier alpha value is -2.70.